The summed E-state index contributed by atoms with van der Waals surface area (Å²) in [6, 6.07) is 12.8. The number of aliphatic imine (C=N–C) groups is 1. The number of aromatic nitrogens is 2. The SMILES string of the molecule is COC(=O)/C=C1\N/C(=N\c2nc(C)c3ccccc3n2)N(C(=S)Nc2cccc(Cl)c2C)C1=O. The fourth-order valence-corrected chi connectivity index (χ4v) is 3.72. The van der Waals surface area contributed by atoms with Crippen molar-refractivity contribution < 1.29 is 14.3 Å². The molecule has 0 bridgehead atoms. The molecule has 3 aromatic rings. The maximum Gasteiger partial charge on any atom is 0.332 e. The highest BCUT2D eigenvalue weighted by Crippen LogP contribution is 2.25. The average Bonchev–Trinajstić information content (AvgIpc) is 3.11. The number of ether oxygens (including phenoxy) is 1. The third-order valence-corrected chi connectivity index (χ3v) is 5.75. The molecule has 2 N–H and O–H groups in total. The van der Waals surface area contributed by atoms with Crippen LogP contribution in [0, 0.1) is 13.8 Å². The quantitative estimate of drug-likeness (QED) is 0.322. The summed E-state index contributed by atoms with van der Waals surface area (Å²) in [7, 11) is 1.21. The van der Waals surface area contributed by atoms with E-state index in [1.54, 1.807) is 18.2 Å². The minimum Gasteiger partial charge on any atom is -0.466 e. The highest BCUT2D eigenvalue weighted by atomic mass is 35.5. The van der Waals surface area contributed by atoms with Crippen LogP contribution in [0.5, 0.6) is 0 Å². The number of methoxy groups -OCH3 is 1. The Balaban J connectivity index is 1.76. The number of aryl methyl sites for hydroxylation is 1. The molecule has 1 aromatic heterocycles. The predicted octanol–water partition coefficient (Wildman–Crippen LogP) is 3.77. The summed E-state index contributed by atoms with van der Waals surface area (Å²) < 4.78 is 4.64. The first kappa shape index (κ1) is 23.3. The van der Waals surface area contributed by atoms with Crippen molar-refractivity contribution in [1.29, 1.82) is 0 Å². The molecule has 1 aliphatic heterocycles. The number of hydrogen-bond donors (Lipinski definition) is 2. The number of guanidine groups is 1. The highest BCUT2D eigenvalue weighted by molar-refractivity contribution is 7.80. The molecule has 1 saturated heterocycles. The van der Waals surface area contributed by atoms with Gasteiger partial charge in [0.25, 0.3) is 11.9 Å². The molecule has 0 unspecified atom stereocenters. The lowest BCUT2D eigenvalue weighted by atomic mass is 10.2. The number of nitrogens with one attached hydrogen (secondary N) is 2. The molecule has 1 amide bonds. The Morgan fingerprint density at radius 3 is 2.74 bits per heavy atom. The van der Waals surface area contributed by atoms with Crippen LogP contribution < -0.4 is 10.6 Å². The number of para-hydroxylation sites is 1. The van der Waals surface area contributed by atoms with Crippen LogP contribution in [0.15, 0.2) is 59.2 Å². The van der Waals surface area contributed by atoms with Gasteiger partial charge in [-0.15, -0.1) is 0 Å². The van der Waals surface area contributed by atoms with Crippen LogP contribution in [-0.2, 0) is 14.3 Å². The summed E-state index contributed by atoms with van der Waals surface area (Å²) in [6.45, 7) is 3.66. The van der Waals surface area contributed by atoms with E-state index in [0.29, 0.717) is 16.2 Å². The van der Waals surface area contributed by atoms with Crippen molar-refractivity contribution in [1.82, 2.24) is 20.2 Å². The van der Waals surface area contributed by atoms with Gasteiger partial charge in [0.1, 0.15) is 5.70 Å². The Morgan fingerprint density at radius 2 is 1.97 bits per heavy atom. The molecule has 0 radical (unpaired) electrons. The molecule has 34 heavy (non-hydrogen) atoms. The molecule has 4 rings (SSSR count). The van der Waals surface area contributed by atoms with Gasteiger partial charge in [-0.3, -0.25) is 4.79 Å². The zero-order valence-electron chi connectivity index (χ0n) is 18.4. The Labute approximate surface area is 205 Å². The number of carbonyl (C=O) groups excluding carboxylic acids is 2. The van der Waals surface area contributed by atoms with Crippen molar-refractivity contribution in [2.45, 2.75) is 13.8 Å². The van der Waals surface area contributed by atoms with E-state index < -0.39 is 11.9 Å². The smallest absolute Gasteiger partial charge is 0.332 e. The minimum absolute atomic E-state index is 0.0207. The summed E-state index contributed by atoms with van der Waals surface area (Å²) in [5.74, 6) is -1.15. The maximum absolute atomic E-state index is 13.1. The van der Waals surface area contributed by atoms with Gasteiger partial charge in [-0.25, -0.2) is 19.7 Å². The monoisotopic (exact) mass is 494 g/mol. The molecule has 9 nitrogen and oxygen atoms in total. The number of esters is 1. The van der Waals surface area contributed by atoms with Gasteiger partial charge in [-0.2, -0.15) is 4.99 Å². The lowest BCUT2D eigenvalue weighted by molar-refractivity contribution is -0.135. The first-order valence-electron chi connectivity index (χ1n) is 10.1. The van der Waals surface area contributed by atoms with Crippen LogP contribution in [-0.4, -0.2) is 44.9 Å². The van der Waals surface area contributed by atoms with Gasteiger partial charge in [0.05, 0.1) is 24.4 Å². The van der Waals surface area contributed by atoms with Gasteiger partial charge < -0.3 is 15.4 Å². The molecule has 172 valence electrons. The molecular weight excluding hydrogens is 476 g/mol. The molecule has 0 aliphatic carbocycles. The number of fused-ring (bicyclic) bond motifs is 1. The van der Waals surface area contributed by atoms with Crippen molar-refractivity contribution in [3.05, 3.63) is 70.5 Å². The zero-order chi connectivity index (χ0) is 24.4. The van der Waals surface area contributed by atoms with Gasteiger partial charge in [-0.1, -0.05) is 35.9 Å². The van der Waals surface area contributed by atoms with Crippen LogP contribution in [0.2, 0.25) is 5.02 Å². The molecular formula is C23H19ClN6O3S. The summed E-state index contributed by atoms with van der Waals surface area (Å²) in [5, 5.41) is 7.28. The normalized spacial score (nSPS) is 15.6. The van der Waals surface area contributed by atoms with Crippen molar-refractivity contribution >= 4 is 69.3 Å². The Bertz CT molecular complexity index is 1400. The summed E-state index contributed by atoms with van der Waals surface area (Å²) in [4.78, 5) is 39.4. The Kier molecular flexibility index (Phi) is 6.53. The van der Waals surface area contributed by atoms with Crippen LogP contribution in [0.25, 0.3) is 10.9 Å². The number of carbonyl (C=O) groups is 2. The second kappa shape index (κ2) is 9.54. The van der Waals surface area contributed by atoms with E-state index in [1.165, 1.54) is 7.11 Å². The third-order valence-electron chi connectivity index (χ3n) is 5.06. The third kappa shape index (κ3) is 4.59. The van der Waals surface area contributed by atoms with E-state index in [-0.39, 0.29) is 22.7 Å². The fourth-order valence-electron chi connectivity index (χ4n) is 3.27. The highest BCUT2D eigenvalue weighted by Gasteiger charge is 2.36. The number of anilines is 1. The predicted molar refractivity (Wildman–Crippen MR) is 134 cm³/mol. The molecule has 11 heteroatoms. The van der Waals surface area contributed by atoms with E-state index in [2.05, 4.69) is 30.3 Å². The Hall–Kier alpha value is -3.89. The van der Waals surface area contributed by atoms with Crippen molar-refractivity contribution in [2.24, 2.45) is 4.99 Å². The first-order chi connectivity index (χ1) is 16.3. The van der Waals surface area contributed by atoms with E-state index >= 15 is 0 Å². The van der Waals surface area contributed by atoms with Crippen LogP contribution >= 0.6 is 23.8 Å². The molecule has 2 heterocycles. The minimum atomic E-state index is -0.709. The number of benzene rings is 2. The van der Waals surface area contributed by atoms with Gasteiger partial charge >= 0.3 is 5.97 Å². The van der Waals surface area contributed by atoms with E-state index in [4.69, 9.17) is 23.8 Å². The van der Waals surface area contributed by atoms with E-state index in [9.17, 15) is 9.59 Å². The first-order valence-corrected chi connectivity index (χ1v) is 10.9. The van der Waals surface area contributed by atoms with Crippen LogP contribution in [0.3, 0.4) is 0 Å². The van der Waals surface area contributed by atoms with E-state index in [0.717, 1.165) is 27.6 Å². The van der Waals surface area contributed by atoms with Crippen molar-refractivity contribution in [3.63, 3.8) is 0 Å². The average molecular weight is 495 g/mol. The lowest BCUT2D eigenvalue weighted by Crippen LogP contribution is -2.41. The number of thiocarbonyl (C=S) groups is 1. The number of hydrogen-bond acceptors (Lipinski definition) is 7. The number of halogens is 1. The molecule has 0 spiro atoms. The molecule has 1 aliphatic rings. The number of amides is 1. The fraction of sp³-hybridized carbons (Fsp3) is 0.130. The van der Waals surface area contributed by atoms with Crippen molar-refractivity contribution in [2.75, 3.05) is 12.4 Å². The summed E-state index contributed by atoms with van der Waals surface area (Å²) in [5.41, 5.74) is 2.73. The van der Waals surface area contributed by atoms with Gasteiger partial charge in [-0.05, 0) is 49.8 Å². The molecule has 2 aromatic carbocycles. The second-order valence-corrected chi connectivity index (χ2v) is 8.04. The molecule has 0 saturated carbocycles. The Morgan fingerprint density at radius 1 is 1.21 bits per heavy atom. The second-order valence-electron chi connectivity index (χ2n) is 7.25. The summed E-state index contributed by atoms with van der Waals surface area (Å²) in [6.07, 6.45) is 1.03. The van der Waals surface area contributed by atoms with E-state index in [1.807, 2.05) is 38.1 Å². The molecule has 1 fully saturated rings. The van der Waals surface area contributed by atoms with Crippen LogP contribution in [0.1, 0.15) is 11.3 Å². The van der Waals surface area contributed by atoms with Gasteiger partial charge in [0, 0.05) is 16.1 Å². The maximum atomic E-state index is 13.1. The van der Waals surface area contributed by atoms with Gasteiger partial charge in [0.2, 0.25) is 5.96 Å². The van der Waals surface area contributed by atoms with Crippen molar-refractivity contribution in [3.8, 4) is 0 Å². The molecule has 0 atom stereocenters. The zero-order valence-corrected chi connectivity index (χ0v) is 20.0. The van der Waals surface area contributed by atoms with Crippen LogP contribution in [0.4, 0.5) is 11.6 Å². The standard InChI is InChI=1S/C23H19ClN6O3S/c1-12-15(24)8-6-10-16(12)28-23(34)30-20(32)18(11-19(31)33-3)27-22(30)29-21-25-13(2)14-7-4-5-9-17(14)26-21/h4-11H,1-3H3,(H,28,34)(H,25,26,27,29)/b18-11-. The number of rotatable bonds is 3. The largest absolute Gasteiger partial charge is 0.466 e. The topological polar surface area (TPSA) is 109 Å². The summed E-state index contributed by atoms with van der Waals surface area (Å²) >= 11 is 11.7. The van der Waals surface area contributed by atoms with Gasteiger partial charge in [0.15, 0.2) is 5.11 Å². The number of nitrogens with zero attached hydrogens (tertiary/aromatic N) is 4. The lowest BCUT2D eigenvalue weighted by Gasteiger charge is -2.19.